The zero-order valence-electron chi connectivity index (χ0n) is 9.72. The van der Waals surface area contributed by atoms with E-state index >= 15 is 0 Å². The van der Waals surface area contributed by atoms with E-state index in [-0.39, 0.29) is 5.60 Å². The first-order valence-corrected chi connectivity index (χ1v) is 7.33. The highest BCUT2D eigenvalue weighted by molar-refractivity contribution is 6.51. The quantitative estimate of drug-likeness (QED) is 0.591. The molecule has 0 aromatic rings. The van der Waals surface area contributed by atoms with Gasteiger partial charge in [-0.3, -0.25) is 0 Å². The predicted octanol–water partition coefficient (Wildman–Crippen LogP) is 2.85. The maximum atomic E-state index is 5.84. The van der Waals surface area contributed by atoms with Gasteiger partial charge in [-0.2, -0.15) is 0 Å². The van der Waals surface area contributed by atoms with Gasteiger partial charge in [-0.15, -0.1) is 0 Å². The van der Waals surface area contributed by atoms with Gasteiger partial charge in [-0.25, -0.2) is 0 Å². The summed E-state index contributed by atoms with van der Waals surface area (Å²) >= 11 is -0.848. The van der Waals surface area contributed by atoms with E-state index in [9.17, 15) is 0 Å². The van der Waals surface area contributed by atoms with Gasteiger partial charge in [-0.05, 0) is 20.3 Å². The Bertz CT molecular complexity index is 122. The van der Waals surface area contributed by atoms with Crippen LogP contribution in [-0.2, 0) is 8.53 Å². The van der Waals surface area contributed by atoms with E-state index in [0.29, 0.717) is 0 Å². The van der Waals surface area contributed by atoms with E-state index in [4.69, 9.17) is 8.53 Å². The van der Waals surface area contributed by atoms with Crippen LogP contribution in [0.15, 0.2) is 0 Å². The van der Waals surface area contributed by atoms with Crippen molar-refractivity contribution in [2.24, 2.45) is 0 Å². The summed E-state index contributed by atoms with van der Waals surface area (Å²) in [6.07, 6.45) is 0.993. The molecule has 3 heteroatoms. The fourth-order valence-electron chi connectivity index (χ4n) is 1.10. The zero-order chi connectivity index (χ0) is 10.3. The molecule has 0 aliphatic carbocycles. The molecule has 0 radical (unpaired) electrons. The van der Waals surface area contributed by atoms with Gasteiger partial charge < -0.3 is 8.53 Å². The minimum atomic E-state index is -0.848. The highest BCUT2D eigenvalue weighted by Crippen LogP contribution is 2.13. The summed E-state index contributed by atoms with van der Waals surface area (Å²) in [5.41, 5.74) is -0.0273. The third-order valence-corrected chi connectivity index (χ3v) is 5.05. The van der Waals surface area contributed by atoms with Crippen molar-refractivity contribution in [3.8, 4) is 0 Å². The van der Waals surface area contributed by atoms with Gasteiger partial charge in [0, 0.05) is 13.7 Å². The molecular weight excluding hydrogens is 179 g/mol. The fourth-order valence-corrected chi connectivity index (χ4v) is 2.60. The van der Waals surface area contributed by atoms with Crippen LogP contribution >= 0.6 is 0 Å². The van der Waals surface area contributed by atoms with Crippen LogP contribution in [-0.4, -0.2) is 33.8 Å². The Balaban J connectivity index is 3.54. The lowest BCUT2D eigenvalue weighted by atomic mass is 10.1. The third kappa shape index (κ3) is 6.51. The third-order valence-electron chi connectivity index (χ3n) is 2.52. The molecule has 0 spiro atoms. The van der Waals surface area contributed by atoms with Gasteiger partial charge in [0.15, 0.2) is 0 Å². The summed E-state index contributed by atoms with van der Waals surface area (Å²) in [5.74, 6) is 0. The SMILES string of the molecule is C[CH2][Al]([CH2]C)[O]CCC(C)(C)OC. The maximum Gasteiger partial charge on any atom is 0.460 e. The number of hydrogen-bond donors (Lipinski definition) is 0. The molecule has 0 aliphatic heterocycles. The van der Waals surface area contributed by atoms with Crippen LogP contribution in [0, 0.1) is 0 Å². The summed E-state index contributed by atoms with van der Waals surface area (Å²) < 4.78 is 11.2. The number of hydrogen-bond acceptors (Lipinski definition) is 2. The number of ether oxygens (including phenoxy) is 1. The first kappa shape index (κ1) is 13.5. The van der Waals surface area contributed by atoms with E-state index in [1.54, 1.807) is 7.11 Å². The molecular formula is C10H23AlO2. The number of methoxy groups -OCH3 is 1. The molecule has 0 saturated heterocycles. The Morgan fingerprint density at radius 2 is 1.69 bits per heavy atom. The van der Waals surface area contributed by atoms with Crippen molar-refractivity contribution in [1.82, 2.24) is 0 Å². The molecule has 0 aromatic carbocycles. The van der Waals surface area contributed by atoms with Crippen molar-refractivity contribution in [3.63, 3.8) is 0 Å². The Hall–Kier alpha value is 0.452. The molecule has 0 rings (SSSR count). The molecule has 0 unspecified atom stereocenters. The molecule has 0 amide bonds. The van der Waals surface area contributed by atoms with Crippen LogP contribution in [0.5, 0.6) is 0 Å². The molecule has 0 atom stereocenters. The summed E-state index contributed by atoms with van der Waals surface area (Å²) in [6.45, 7) is 9.51. The fraction of sp³-hybridized carbons (Fsp3) is 1.00. The van der Waals surface area contributed by atoms with Gasteiger partial charge in [0.25, 0.3) is 0 Å². The standard InChI is InChI=1S/C6H13O2.2C2H5.Al/c1-6(2,8-3)4-5-7;2*1-2;/h4-5H2,1-3H3;2*1H2,2H3;/q-1;;;+1. The molecule has 78 valence electrons. The van der Waals surface area contributed by atoms with Gasteiger partial charge >= 0.3 is 14.5 Å². The van der Waals surface area contributed by atoms with Crippen LogP contribution in [0.3, 0.4) is 0 Å². The molecule has 0 N–H and O–H groups in total. The van der Waals surface area contributed by atoms with E-state index in [1.165, 1.54) is 10.6 Å². The highest BCUT2D eigenvalue weighted by atomic mass is 27.2. The maximum absolute atomic E-state index is 5.84. The minimum Gasteiger partial charge on any atom is -0.501 e. The Morgan fingerprint density at radius 3 is 2.08 bits per heavy atom. The normalized spacial score (nSPS) is 11.8. The highest BCUT2D eigenvalue weighted by Gasteiger charge is 2.19. The van der Waals surface area contributed by atoms with Crippen LogP contribution in [0.2, 0.25) is 10.6 Å². The predicted molar refractivity (Wildman–Crippen MR) is 58.4 cm³/mol. The lowest BCUT2D eigenvalue weighted by molar-refractivity contribution is 0.00513. The van der Waals surface area contributed by atoms with Gasteiger partial charge in [0.1, 0.15) is 0 Å². The first-order valence-electron chi connectivity index (χ1n) is 5.22. The van der Waals surface area contributed by atoms with Crippen molar-refractivity contribution >= 4 is 14.5 Å². The molecule has 0 bridgehead atoms. The first-order chi connectivity index (χ1) is 6.05. The van der Waals surface area contributed by atoms with Crippen molar-refractivity contribution in [2.75, 3.05) is 13.7 Å². The number of rotatable bonds is 7. The van der Waals surface area contributed by atoms with Gasteiger partial charge in [0.05, 0.1) is 5.60 Å². The second-order valence-corrected chi connectivity index (χ2v) is 7.23. The lowest BCUT2D eigenvalue weighted by Gasteiger charge is -2.23. The zero-order valence-corrected chi connectivity index (χ0v) is 10.9. The smallest absolute Gasteiger partial charge is 0.460 e. The second-order valence-electron chi connectivity index (χ2n) is 4.02. The minimum absolute atomic E-state index is 0.0273. The lowest BCUT2D eigenvalue weighted by Crippen LogP contribution is -2.26. The van der Waals surface area contributed by atoms with E-state index in [1.807, 2.05) is 0 Å². The second kappa shape index (κ2) is 6.84. The van der Waals surface area contributed by atoms with Crippen LogP contribution in [0.4, 0.5) is 0 Å². The van der Waals surface area contributed by atoms with Crippen molar-refractivity contribution in [3.05, 3.63) is 0 Å². The average Bonchev–Trinajstić information content (AvgIpc) is 2.12. The molecule has 0 aromatic heterocycles. The van der Waals surface area contributed by atoms with E-state index in [0.717, 1.165) is 13.0 Å². The molecule has 0 aliphatic rings. The molecule has 0 fully saturated rings. The summed E-state index contributed by atoms with van der Waals surface area (Å²) in [4.78, 5) is 0. The van der Waals surface area contributed by atoms with Crippen molar-refractivity contribution < 1.29 is 8.53 Å². The summed E-state index contributed by atoms with van der Waals surface area (Å²) in [7, 11) is 1.76. The Labute approximate surface area is 87.3 Å². The molecule has 0 heterocycles. The topological polar surface area (TPSA) is 18.5 Å². The van der Waals surface area contributed by atoms with Crippen LogP contribution in [0.1, 0.15) is 34.1 Å². The van der Waals surface area contributed by atoms with E-state index in [2.05, 4.69) is 27.7 Å². The summed E-state index contributed by atoms with van der Waals surface area (Å²) in [5, 5.41) is 2.48. The van der Waals surface area contributed by atoms with Gasteiger partial charge in [0.2, 0.25) is 0 Å². The molecule has 13 heavy (non-hydrogen) atoms. The summed E-state index contributed by atoms with van der Waals surface area (Å²) in [6, 6.07) is 0. The van der Waals surface area contributed by atoms with Crippen LogP contribution in [0.25, 0.3) is 0 Å². The van der Waals surface area contributed by atoms with E-state index < -0.39 is 14.5 Å². The van der Waals surface area contributed by atoms with Crippen LogP contribution < -0.4 is 0 Å². The molecule has 0 saturated carbocycles. The Kier molecular flexibility index (Phi) is 7.08. The Morgan fingerprint density at radius 1 is 1.15 bits per heavy atom. The van der Waals surface area contributed by atoms with Gasteiger partial charge in [-0.1, -0.05) is 24.4 Å². The largest absolute Gasteiger partial charge is 0.501 e. The van der Waals surface area contributed by atoms with Crippen molar-refractivity contribution in [2.45, 2.75) is 50.3 Å². The monoisotopic (exact) mass is 202 g/mol. The van der Waals surface area contributed by atoms with Crippen molar-refractivity contribution in [1.29, 1.82) is 0 Å². The average molecular weight is 202 g/mol. The molecule has 2 nitrogen and oxygen atoms in total.